The molecule has 0 aliphatic carbocycles. The highest BCUT2D eigenvalue weighted by Gasteiger charge is 2.29. The molecule has 1 aromatic rings. The van der Waals surface area contributed by atoms with Gasteiger partial charge in [-0.2, -0.15) is 13.1 Å². The minimum absolute atomic E-state index is 0.162. The van der Waals surface area contributed by atoms with Crippen LogP contribution < -0.4 is 9.03 Å². The molecule has 6 heteroatoms. The summed E-state index contributed by atoms with van der Waals surface area (Å²) in [5, 5.41) is 10.1. The molecule has 106 valence electrons. The molecule has 0 amide bonds. The van der Waals surface area contributed by atoms with Crippen LogP contribution in [0.4, 0.5) is 5.69 Å². The molecule has 2 rings (SSSR count). The third-order valence-corrected chi connectivity index (χ3v) is 4.81. The number of anilines is 1. The standard InChI is InChI=1S/C13H20N2O3S/c1-10(2)14-19(17,18)15-9-5-8-13(16)11-6-3-4-7-12(11)15/h3-4,6-7,10,13-14,16H,5,8-9H2,1-2H3. The number of aliphatic hydroxyl groups is 1. The normalized spacial score (nSPS) is 20.2. The highest BCUT2D eigenvalue weighted by Crippen LogP contribution is 2.33. The molecule has 0 bridgehead atoms. The second kappa shape index (κ2) is 5.48. The van der Waals surface area contributed by atoms with Gasteiger partial charge < -0.3 is 5.11 Å². The first kappa shape index (κ1) is 14.3. The quantitative estimate of drug-likeness (QED) is 0.885. The van der Waals surface area contributed by atoms with Crippen molar-refractivity contribution in [2.45, 2.75) is 38.8 Å². The van der Waals surface area contributed by atoms with Gasteiger partial charge >= 0.3 is 10.2 Å². The summed E-state index contributed by atoms with van der Waals surface area (Å²) in [6, 6.07) is 6.96. The molecule has 0 aromatic heterocycles. The highest BCUT2D eigenvalue weighted by molar-refractivity contribution is 7.90. The molecule has 1 aliphatic rings. The molecule has 1 aromatic carbocycles. The Labute approximate surface area is 114 Å². The Kier molecular flexibility index (Phi) is 4.13. The summed E-state index contributed by atoms with van der Waals surface area (Å²) in [7, 11) is -3.57. The minimum Gasteiger partial charge on any atom is -0.388 e. The zero-order valence-corrected chi connectivity index (χ0v) is 12.0. The fourth-order valence-electron chi connectivity index (χ4n) is 2.31. The van der Waals surface area contributed by atoms with Crippen molar-refractivity contribution >= 4 is 15.9 Å². The van der Waals surface area contributed by atoms with E-state index in [1.807, 2.05) is 6.07 Å². The van der Waals surface area contributed by atoms with Crippen molar-refractivity contribution in [1.29, 1.82) is 0 Å². The molecule has 1 aliphatic heterocycles. The Morgan fingerprint density at radius 3 is 2.74 bits per heavy atom. The summed E-state index contributed by atoms with van der Waals surface area (Å²) in [5.41, 5.74) is 1.25. The Morgan fingerprint density at radius 1 is 1.37 bits per heavy atom. The molecular weight excluding hydrogens is 264 g/mol. The smallest absolute Gasteiger partial charge is 0.301 e. The zero-order valence-electron chi connectivity index (χ0n) is 11.2. The monoisotopic (exact) mass is 284 g/mol. The van der Waals surface area contributed by atoms with Crippen molar-refractivity contribution in [3.05, 3.63) is 29.8 Å². The van der Waals surface area contributed by atoms with Crippen molar-refractivity contribution in [3.63, 3.8) is 0 Å². The summed E-state index contributed by atoms with van der Waals surface area (Å²) in [6.07, 6.45) is 0.606. The number of hydrogen-bond acceptors (Lipinski definition) is 3. The molecule has 5 nitrogen and oxygen atoms in total. The van der Waals surface area contributed by atoms with Crippen LogP contribution in [0.25, 0.3) is 0 Å². The number of nitrogens with zero attached hydrogens (tertiary/aromatic N) is 1. The predicted octanol–water partition coefficient (Wildman–Crippen LogP) is 1.56. The van der Waals surface area contributed by atoms with E-state index >= 15 is 0 Å². The van der Waals surface area contributed by atoms with Crippen molar-refractivity contribution in [3.8, 4) is 0 Å². The van der Waals surface area contributed by atoms with E-state index in [4.69, 9.17) is 0 Å². The van der Waals surface area contributed by atoms with Crippen molar-refractivity contribution < 1.29 is 13.5 Å². The van der Waals surface area contributed by atoms with Gasteiger partial charge in [-0.25, -0.2) is 0 Å². The zero-order chi connectivity index (χ0) is 14.0. The highest BCUT2D eigenvalue weighted by atomic mass is 32.2. The van der Waals surface area contributed by atoms with Gasteiger partial charge in [-0.3, -0.25) is 4.31 Å². The van der Waals surface area contributed by atoms with Crippen molar-refractivity contribution in [1.82, 2.24) is 4.72 Å². The van der Waals surface area contributed by atoms with Gasteiger partial charge in [0.15, 0.2) is 0 Å². The minimum atomic E-state index is -3.57. The topological polar surface area (TPSA) is 69.6 Å². The van der Waals surface area contributed by atoms with E-state index in [-0.39, 0.29) is 6.04 Å². The maximum Gasteiger partial charge on any atom is 0.301 e. The van der Waals surface area contributed by atoms with Crippen LogP contribution in [-0.2, 0) is 10.2 Å². The van der Waals surface area contributed by atoms with Crippen molar-refractivity contribution in [2.24, 2.45) is 0 Å². The molecule has 0 fully saturated rings. The van der Waals surface area contributed by atoms with E-state index in [1.54, 1.807) is 32.0 Å². The van der Waals surface area contributed by atoms with Gasteiger partial charge in [0.25, 0.3) is 0 Å². The van der Waals surface area contributed by atoms with Gasteiger partial charge in [-0.15, -0.1) is 0 Å². The summed E-state index contributed by atoms with van der Waals surface area (Å²) < 4.78 is 28.7. The SMILES string of the molecule is CC(C)NS(=O)(=O)N1CCCC(O)c2ccccc21. The summed E-state index contributed by atoms with van der Waals surface area (Å²) in [6.45, 7) is 3.96. The van der Waals surface area contributed by atoms with Crippen LogP contribution in [0.2, 0.25) is 0 Å². The fraction of sp³-hybridized carbons (Fsp3) is 0.538. The van der Waals surface area contributed by atoms with Crippen LogP contribution in [0, 0.1) is 0 Å². The third kappa shape index (κ3) is 3.08. The predicted molar refractivity (Wildman–Crippen MR) is 75.2 cm³/mol. The molecule has 0 saturated heterocycles. The molecule has 1 atom stereocenters. The Morgan fingerprint density at radius 2 is 2.05 bits per heavy atom. The number of nitrogens with one attached hydrogen (secondary N) is 1. The average molecular weight is 284 g/mol. The summed E-state index contributed by atoms with van der Waals surface area (Å²) >= 11 is 0. The number of rotatable bonds is 3. The van der Waals surface area contributed by atoms with Gasteiger partial charge in [0.2, 0.25) is 0 Å². The number of benzene rings is 1. The number of para-hydroxylation sites is 1. The van der Waals surface area contributed by atoms with Crippen LogP contribution in [0.15, 0.2) is 24.3 Å². The lowest BCUT2D eigenvalue weighted by molar-refractivity contribution is 0.168. The lowest BCUT2D eigenvalue weighted by Crippen LogP contribution is -2.44. The lowest BCUT2D eigenvalue weighted by Gasteiger charge is -2.25. The maximum atomic E-state index is 12.4. The Hall–Kier alpha value is -1.11. The first-order valence-corrected chi connectivity index (χ1v) is 7.93. The molecular formula is C13H20N2O3S. The Bertz CT molecular complexity index is 543. The summed E-state index contributed by atoms with van der Waals surface area (Å²) in [4.78, 5) is 0. The van der Waals surface area contributed by atoms with E-state index in [0.717, 1.165) is 0 Å². The Balaban J connectivity index is 2.44. The van der Waals surface area contributed by atoms with Gasteiger partial charge in [0.1, 0.15) is 0 Å². The first-order chi connectivity index (χ1) is 8.92. The van der Waals surface area contributed by atoms with Gasteiger partial charge in [-0.05, 0) is 32.8 Å². The second-order valence-corrected chi connectivity index (χ2v) is 6.69. The molecule has 2 N–H and O–H groups in total. The first-order valence-electron chi connectivity index (χ1n) is 6.49. The molecule has 1 heterocycles. The van der Waals surface area contributed by atoms with Crippen LogP contribution in [0.3, 0.4) is 0 Å². The number of fused-ring (bicyclic) bond motifs is 1. The molecule has 0 spiro atoms. The molecule has 19 heavy (non-hydrogen) atoms. The van der Waals surface area contributed by atoms with Gasteiger partial charge in [0.05, 0.1) is 11.8 Å². The third-order valence-electron chi connectivity index (χ3n) is 3.08. The van der Waals surface area contributed by atoms with Crippen LogP contribution in [0.5, 0.6) is 0 Å². The molecule has 0 saturated carbocycles. The van der Waals surface area contributed by atoms with Crippen LogP contribution in [-0.4, -0.2) is 26.1 Å². The molecule has 1 unspecified atom stereocenters. The number of aliphatic hydroxyl groups excluding tert-OH is 1. The van der Waals surface area contributed by atoms with Crippen LogP contribution in [0.1, 0.15) is 38.4 Å². The lowest BCUT2D eigenvalue weighted by atomic mass is 10.1. The largest absolute Gasteiger partial charge is 0.388 e. The van der Waals surface area contributed by atoms with E-state index in [0.29, 0.717) is 30.6 Å². The van der Waals surface area contributed by atoms with Gasteiger partial charge in [-0.1, -0.05) is 18.2 Å². The van der Waals surface area contributed by atoms with E-state index < -0.39 is 16.3 Å². The average Bonchev–Trinajstić information content (AvgIpc) is 2.48. The molecule has 0 radical (unpaired) electrons. The summed E-state index contributed by atoms with van der Waals surface area (Å²) in [5.74, 6) is 0. The van der Waals surface area contributed by atoms with E-state index in [1.165, 1.54) is 4.31 Å². The fourth-order valence-corrected chi connectivity index (χ4v) is 3.83. The van der Waals surface area contributed by atoms with Gasteiger partial charge in [0, 0.05) is 18.2 Å². The van der Waals surface area contributed by atoms with E-state index in [9.17, 15) is 13.5 Å². The second-order valence-electron chi connectivity index (χ2n) is 5.07. The van der Waals surface area contributed by atoms with Crippen molar-refractivity contribution in [2.75, 3.05) is 10.8 Å². The van der Waals surface area contributed by atoms with E-state index in [2.05, 4.69) is 4.72 Å². The van der Waals surface area contributed by atoms with Crippen LogP contribution >= 0.6 is 0 Å². The number of hydrogen-bond donors (Lipinski definition) is 2. The maximum absolute atomic E-state index is 12.4.